The molecule has 3 heteroatoms. The van der Waals surface area contributed by atoms with Crippen LogP contribution in [0.3, 0.4) is 0 Å². The van der Waals surface area contributed by atoms with Crippen LogP contribution in [0.5, 0.6) is 5.75 Å². The molecule has 1 atom stereocenters. The molecule has 0 heterocycles. The topological polar surface area (TPSA) is 32.3 Å². The van der Waals surface area contributed by atoms with Crippen molar-refractivity contribution < 1.29 is 5.11 Å². The summed E-state index contributed by atoms with van der Waals surface area (Å²) in [4.78, 5) is 0. The summed E-state index contributed by atoms with van der Waals surface area (Å²) in [6.07, 6.45) is 7.41. The number of benzene rings is 1. The number of terminal acetylenes is 1. The summed E-state index contributed by atoms with van der Waals surface area (Å²) in [6.45, 7) is 2.76. The highest BCUT2D eigenvalue weighted by Crippen LogP contribution is 2.23. The maximum absolute atomic E-state index is 9.27. The third-order valence-corrected chi connectivity index (χ3v) is 2.65. The van der Waals surface area contributed by atoms with Gasteiger partial charge in [-0.2, -0.15) is 0 Å². The van der Waals surface area contributed by atoms with Crippen molar-refractivity contribution in [3.05, 3.63) is 28.8 Å². The lowest BCUT2D eigenvalue weighted by molar-refractivity contribution is 0.475. The van der Waals surface area contributed by atoms with Crippen molar-refractivity contribution in [2.45, 2.75) is 32.4 Å². The van der Waals surface area contributed by atoms with Crippen LogP contribution >= 0.6 is 11.6 Å². The lowest BCUT2D eigenvalue weighted by atomic mass is 10.1. The first-order valence-electron chi connectivity index (χ1n) is 5.34. The Bertz CT molecular complexity index is 384. The molecular formula is C13H16ClNO. The molecule has 16 heavy (non-hydrogen) atoms. The summed E-state index contributed by atoms with van der Waals surface area (Å²) < 4.78 is 0. The van der Waals surface area contributed by atoms with Gasteiger partial charge in [0, 0.05) is 6.54 Å². The molecule has 0 saturated carbocycles. The van der Waals surface area contributed by atoms with Crippen LogP contribution in [0.15, 0.2) is 18.2 Å². The van der Waals surface area contributed by atoms with Gasteiger partial charge in [0.2, 0.25) is 0 Å². The predicted molar refractivity (Wildman–Crippen MR) is 67.5 cm³/mol. The molecule has 2 N–H and O–H groups in total. The molecule has 1 aromatic carbocycles. The molecule has 2 nitrogen and oxygen atoms in total. The fourth-order valence-corrected chi connectivity index (χ4v) is 1.64. The first kappa shape index (κ1) is 12.9. The summed E-state index contributed by atoms with van der Waals surface area (Å²) in [6, 6.07) is 5.25. The zero-order valence-corrected chi connectivity index (χ0v) is 10.1. The number of hydrogen-bond acceptors (Lipinski definition) is 2. The molecule has 0 aromatic heterocycles. The van der Waals surface area contributed by atoms with Crippen molar-refractivity contribution in [2.24, 2.45) is 0 Å². The molecular weight excluding hydrogens is 222 g/mol. The second kappa shape index (κ2) is 6.42. The Morgan fingerprint density at radius 3 is 2.88 bits per heavy atom. The van der Waals surface area contributed by atoms with E-state index in [0.29, 0.717) is 11.6 Å². The van der Waals surface area contributed by atoms with Crippen LogP contribution in [0.1, 0.15) is 25.3 Å². The van der Waals surface area contributed by atoms with Gasteiger partial charge in [-0.15, -0.1) is 6.42 Å². The number of phenolic OH excluding ortho intramolecular Hbond substituents is 1. The number of phenols is 1. The lowest BCUT2D eigenvalue weighted by Gasteiger charge is -2.12. The standard InChI is InChI=1S/C13H16ClNO/c1-3-5-11(4-2)15-9-10-6-7-13(16)12(14)8-10/h2,6-8,11,15-16H,3,5,9H2,1H3. The largest absolute Gasteiger partial charge is 0.506 e. The molecule has 86 valence electrons. The fourth-order valence-electron chi connectivity index (χ4n) is 1.43. The van der Waals surface area contributed by atoms with Crippen LogP contribution in [0.4, 0.5) is 0 Å². The Labute approximate surface area is 102 Å². The molecule has 0 radical (unpaired) electrons. The highest BCUT2D eigenvalue weighted by molar-refractivity contribution is 6.32. The molecule has 1 unspecified atom stereocenters. The van der Waals surface area contributed by atoms with Gasteiger partial charge in [-0.1, -0.05) is 36.9 Å². The Morgan fingerprint density at radius 2 is 2.31 bits per heavy atom. The maximum atomic E-state index is 9.27. The highest BCUT2D eigenvalue weighted by atomic mass is 35.5. The predicted octanol–water partition coefficient (Wildman–Crippen LogP) is 2.94. The Morgan fingerprint density at radius 1 is 1.56 bits per heavy atom. The van der Waals surface area contributed by atoms with Gasteiger partial charge in [-0.3, -0.25) is 5.32 Å². The zero-order valence-electron chi connectivity index (χ0n) is 9.33. The van der Waals surface area contributed by atoms with Gasteiger partial charge in [0.25, 0.3) is 0 Å². The van der Waals surface area contributed by atoms with Crippen molar-refractivity contribution in [2.75, 3.05) is 0 Å². The smallest absolute Gasteiger partial charge is 0.134 e. The van der Waals surface area contributed by atoms with Crippen molar-refractivity contribution >= 4 is 11.6 Å². The van der Waals surface area contributed by atoms with Gasteiger partial charge in [-0.05, 0) is 24.1 Å². The number of hydrogen-bond donors (Lipinski definition) is 2. The second-order valence-corrected chi connectivity index (χ2v) is 4.08. The molecule has 0 aliphatic carbocycles. The SMILES string of the molecule is C#CC(CCC)NCc1ccc(O)c(Cl)c1. The molecule has 0 fully saturated rings. The molecule has 0 aliphatic heterocycles. The van der Waals surface area contributed by atoms with Gasteiger partial charge >= 0.3 is 0 Å². The van der Waals surface area contributed by atoms with E-state index >= 15 is 0 Å². The van der Waals surface area contributed by atoms with Crippen molar-refractivity contribution in [3.63, 3.8) is 0 Å². The average Bonchev–Trinajstić information content (AvgIpc) is 2.28. The van der Waals surface area contributed by atoms with Crippen LogP contribution in [0.2, 0.25) is 5.02 Å². The summed E-state index contributed by atoms with van der Waals surface area (Å²) in [5.74, 6) is 2.81. The van der Waals surface area contributed by atoms with Crippen molar-refractivity contribution in [1.29, 1.82) is 0 Å². The van der Waals surface area contributed by atoms with Crippen molar-refractivity contribution in [1.82, 2.24) is 5.32 Å². The highest BCUT2D eigenvalue weighted by Gasteiger charge is 2.04. The van der Waals surface area contributed by atoms with Gasteiger partial charge < -0.3 is 5.11 Å². The van der Waals surface area contributed by atoms with Gasteiger partial charge in [0.05, 0.1) is 11.1 Å². The summed E-state index contributed by atoms with van der Waals surface area (Å²) in [5, 5.41) is 12.9. The molecule has 0 saturated heterocycles. The Hall–Kier alpha value is -1.17. The minimum atomic E-state index is 0.0950. The van der Waals surface area contributed by atoms with Crippen LogP contribution in [-0.2, 0) is 6.54 Å². The zero-order chi connectivity index (χ0) is 12.0. The first-order valence-corrected chi connectivity index (χ1v) is 5.72. The summed E-state index contributed by atoms with van der Waals surface area (Å²) in [5.41, 5.74) is 1.01. The normalized spacial score (nSPS) is 12.1. The Kier molecular flexibility index (Phi) is 5.18. The first-order chi connectivity index (χ1) is 7.67. The van der Waals surface area contributed by atoms with E-state index in [1.54, 1.807) is 12.1 Å². The fraction of sp³-hybridized carbons (Fsp3) is 0.385. The number of nitrogens with one attached hydrogen (secondary N) is 1. The minimum absolute atomic E-state index is 0.0950. The molecule has 0 aliphatic rings. The van der Waals surface area contributed by atoms with E-state index in [9.17, 15) is 5.11 Å². The van der Waals surface area contributed by atoms with E-state index < -0.39 is 0 Å². The van der Waals surface area contributed by atoms with Crippen molar-refractivity contribution in [3.8, 4) is 18.1 Å². The Balaban J connectivity index is 2.54. The number of rotatable bonds is 5. The van der Waals surface area contributed by atoms with E-state index in [0.717, 1.165) is 18.4 Å². The molecule has 0 amide bonds. The van der Waals surface area contributed by atoms with E-state index in [1.807, 2.05) is 6.07 Å². The molecule has 1 rings (SSSR count). The van der Waals surface area contributed by atoms with Gasteiger partial charge in [0.15, 0.2) is 0 Å². The molecule has 0 spiro atoms. The summed E-state index contributed by atoms with van der Waals surface area (Å²) in [7, 11) is 0. The number of aromatic hydroxyl groups is 1. The maximum Gasteiger partial charge on any atom is 0.134 e. The number of halogens is 1. The molecule has 0 bridgehead atoms. The van der Waals surface area contributed by atoms with E-state index in [4.69, 9.17) is 18.0 Å². The van der Waals surface area contributed by atoms with Gasteiger partial charge in [-0.25, -0.2) is 0 Å². The third kappa shape index (κ3) is 3.77. The van der Waals surface area contributed by atoms with Crippen LogP contribution in [-0.4, -0.2) is 11.1 Å². The monoisotopic (exact) mass is 237 g/mol. The lowest BCUT2D eigenvalue weighted by Crippen LogP contribution is -2.26. The van der Waals surface area contributed by atoms with E-state index in [1.165, 1.54) is 0 Å². The van der Waals surface area contributed by atoms with E-state index in [2.05, 4.69) is 18.2 Å². The van der Waals surface area contributed by atoms with E-state index in [-0.39, 0.29) is 11.8 Å². The third-order valence-electron chi connectivity index (χ3n) is 2.34. The van der Waals surface area contributed by atoms with Crippen LogP contribution in [0.25, 0.3) is 0 Å². The second-order valence-electron chi connectivity index (χ2n) is 3.67. The van der Waals surface area contributed by atoms with Crippen LogP contribution < -0.4 is 5.32 Å². The molecule has 1 aromatic rings. The quantitative estimate of drug-likeness (QED) is 0.772. The van der Waals surface area contributed by atoms with Crippen LogP contribution in [0, 0.1) is 12.3 Å². The summed E-state index contributed by atoms with van der Waals surface area (Å²) >= 11 is 5.81. The van der Waals surface area contributed by atoms with Gasteiger partial charge in [0.1, 0.15) is 5.75 Å². The minimum Gasteiger partial charge on any atom is -0.506 e. The average molecular weight is 238 g/mol.